The molecule has 1 aliphatic rings. The quantitative estimate of drug-likeness (QED) is 0.847. The summed E-state index contributed by atoms with van der Waals surface area (Å²) in [5.74, 6) is -0.996. The Morgan fingerprint density at radius 3 is 2.73 bits per heavy atom. The van der Waals surface area contributed by atoms with Crippen LogP contribution in [0.4, 0.5) is 0 Å². The number of hydrogen-bond acceptors (Lipinski definition) is 1. The zero-order valence-electron chi connectivity index (χ0n) is 8.96. The maximum atomic E-state index is 10.8. The van der Waals surface area contributed by atoms with E-state index in [1.807, 2.05) is 32.0 Å². The van der Waals surface area contributed by atoms with Crippen LogP contribution in [0.25, 0.3) is 0 Å². The van der Waals surface area contributed by atoms with E-state index in [2.05, 4.69) is 15.9 Å². The molecule has 0 amide bonds. The predicted octanol–water partition coefficient (Wildman–Crippen LogP) is 3.59. The number of fused-ring (bicyclic) bond motifs is 1. The topological polar surface area (TPSA) is 37.3 Å². The first-order chi connectivity index (χ1) is 7.18. The molecule has 82 valence electrons. The van der Waals surface area contributed by atoms with Crippen LogP contribution in [-0.4, -0.2) is 11.1 Å². The molecular formula is C12H15BrO2. The Labute approximate surface area is 98.4 Å². The van der Waals surface area contributed by atoms with Crippen molar-refractivity contribution in [3.63, 3.8) is 0 Å². The van der Waals surface area contributed by atoms with Crippen molar-refractivity contribution in [2.75, 3.05) is 0 Å². The van der Waals surface area contributed by atoms with Crippen LogP contribution < -0.4 is 0 Å². The highest BCUT2D eigenvalue weighted by molar-refractivity contribution is 9.10. The highest BCUT2D eigenvalue weighted by Gasteiger charge is 2.27. The first-order valence-electron chi connectivity index (χ1n) is 5.19. The lowest BCUT2D eigenvalue weighted by Crippen LogP contribution is -2.07. The zero-order chi connectivity index (χ0) is 11.4. The number of hydrogen-bond donors (Lipinski definition) is 1. The largest absolute Gasteiger partial charge is 0.481 e. The Hall–Kier alpha value is -0.830. The van der Waals surface area contributed by atoms with E-state index in [1.165, 1.54) is 5.56 Å². The molecule has 0 fully saturated rings. The van der Waals surface area contributed by atoms with Gasteiger partial charge in [0.1, 0.15) is 0 Å². The molecule has 0 bridgehead atoms. The minimum absolute atomic E-state index is 0.289. The van der Waals surface area contributed by atoms with E-state index in [4.69, 9.17) is 5.11 Å². The maximum Gasteiger partial charge on any atom is 0.310 e. The van der Waals surface area contributed by atoms with Gasteiger partial charge in [-0.05, 0) is 36.1 Å². The minimum atomic E-state index is -0.707. The van der Waals surface area contributed by atoms with E-state index < -0.39 is 5.97 Å². The van der Waals surface area contributed by atoms with E-state index in [0.29, 0.717) is 0 Å². The van der Waals surface area contributed by atoms with Crippen molar-refractivity contribution in [3.8, 4) is 0 Å². The summed E-state index contributed by atoms with van der Waals surface area (Å²) in [5.41, 5.74) is 2.15. The highest BCUT2D eigenvalue weighted by atomic mass is 79.9. The van der Waals surface area contributed by atoms with Crippen molar-refractivity contribution in [3.05, 3.63) is 33.8 Å². The Bertz CT molecular complexity index is 361. The summed E-state index contributed by atoms with van der Waals surface area (Å²) in [6, 6.07) is 5.82. The third-order valence-electron chi connectivity index (χ3n) is 2.48. The minimum Gasteiger partial charge on any atom is -0.481 e. The van der Waals surface area contributed by atoms with Gasteiger partial charge in [0.25, 0.3) is 0 Å². The molecule has 15 heavy (non-hydrogen) atoms. The molecule has 0 saturated heterocycles. The number of carbonyl (C=O) groups is 1. The van der Waals surface area contributed by atoms with Crippen molar-refractivity contribution in [1.29, 1.82) is 0 Å². The van der Waals surface area contributed by atoms with Crippen molar-refractivity contribution < 1.29 is 9.90 Å². The van der Waals surface area contributed by atoms with Gasteiger partial charge in [-0.25, -0.2) is 0 Å². The number of aliphatic carboxylic acids is 1. The normalized spacial score (nSPS) is 17.7. The number of rotatable bonds is 1. The number of benzene rings is 1. The molecule has 2 nitrogen and oxygen atoms in total. The first kappa shape index (κ1) is 12.2. The summed E-state index contributed by atoms with van der Waals surface area (Å²) in [5, 5.41) is 8.92. The van der Waals surface area contributed by atoms with E-state index >= 15 is 0 Å². The van der Waals surface area contributed by atoms with Gasteiger partial charge in [-0.1, -0.05) is 35.8 Å². The van der Waals surface area contributed by atoms with Crippen LogP contribution in [-0.2, 0) is 11.2 Å². The summed E-state index contributed by atoms with van der Waals surface area (Å²) in [7, 11) is 0. The van der Waals surface area contributed by atoms with Gasteiger partial charge < -0.3 is 5.11 Å². The molecule has 0 aromatic heterocycles. The van der Waals surface area contributed by atoms with Gasteiger partial charge in [0.2, 0.25) is 0 Å². The van der Waals surface area contributed by atoms with Crippen LogP contribution in [0.3, 0.4) is 0 Å². The summed E-state index contributed by atoms with van der Waals surface area (Å²) in [6.07, 6.45) is 1.62. The second-order valence-electron chi connectivity index (χ2n) is 3.27. The van der Waals surface area contributed by atoms with Crippen molar-refractivity contribution >= 4 is 21.9 Å². The highest BCUT2D eigenvalue weighted by Crippen LogP contribution is 2.34. The van der Waals surface area contributed by atoms with E-state index in [9.17, 15) is 4.79 Å². The van der Waals surface area contributed by atoms with E-state index in [1.54, 1.807) is 0 Å². The molecule has 1 aliphatic carbocycles. The fourth-order valence-electron chi connectivity index (χ4n) is 1.84. The fourth-order valence-corrected chi connectivity index (χ4v) is 2.25. The van der Waals surface area contributed by atoms with Gasteiger partial charge in [-0.3, -0.25) is 4.79 Å². The average molecular weight is 271 g/mol. The van der Waals surface area contributed by atoms with Crippen molar-refractivity contribution in [2.45, 2.75) is 32.6 Å². The monoisotopic (exact) mass is 270 g/mol. The Kier molecular flexibility index (Phi) is 4.33. The molecule has 0 radical (unpaired) electrons. The molecule has 0 aliphatic heterocycles. The lowest BCUT2D eigenvalue weighted by atomic mass is 10.0. The van der Waals surface area contributed by atoms with Crippen LogP contribution in [0, 0.1) is 0 Å². The van der Waals surface area contributed by atoms with Gasteiger partial charge >= 0.3 is 5.97 Å². The summed E-state index contributed by atoms with van der Waals surface area (Å²) in [4.78, 5) is 10.8. The molecule has 0 saturated carbocycles. The third kappa shape index (κ3) is 2.59. The number of carboxylic acids is 1. The van der Waals surface area contributed by atoms with Crippen LogP contribution in [0.5, 0.6) is 0 Å². The van der Waals surface area contributed by atoms with Gasteiger partial charge in [0.15, 0.2) is 0 Å². The fraction of sp³-hybridized carbons (Fsp3) is 0.417. The molecule has 2 rings (SSSR count). The standard InChI is InChI=1S/C10H9BrO2.C2H6/c11-7-2-4-8-6(5-7)1-3-9(8)10(12)13;1-2/h2,4-5,9H,1,3H2,(H,12,13);1-2H3. The SMILES string of the molecule is CC.O=C(O)C1CCc2cc(Br)ccc21. The van der Waals surface area contributed by atoms with Crippen LogP contribution in [0.1, 0.15) is 37.3 Å². The molecule has 3 heteroatoms. The smallest absolute Gasteiger partial charge is 0.310 e. The van der Waals surface area contributed by atoms with Crippen molar-refractivity contribution in [1.82, 2.24) is 0 Å². The number of aryl methyl sites for hydroxylation is 1. The maximum absolute atomic E-state index is 10.8. The van der Waals surface area contributed by atoms with Gasteiger partial charge in [-0.2, -0.15) is 0 Å². The molecule has 1 unspecified atom stereocenters. The first-order valence-corrected chi connectivity index (χ1v) is 5.99. The molecule has 1 atom stereocenters. The van der Waals surface area contributed by atoms with Crippen LogP contribution >= 0.6 is 15.9 Å². The Morgan fingerprint density at radius 2 is 2.13 bits per heavy atom. The number of halogens is 1. The van der Waals surface area contributed by atoms with Gasteiger partial charge in [-0.15, -0.1) is 0 Å². The summed E-state index contributed by atoms with van der Waals surface area (Å²) < 4.78 is 1.03. The van der Waals surface area contributed by atoms with Gasteiger partial charge in [0, 0.05) is 4.47 Å². The van der Waals surface area contributed by atoms with Crippen LogP contribution in [0.15, 0.2) is 22.7 Å². The second kappa shape index (κ2) is 5.31. The van der Waals surface area contributed by atoms with E-state index in [-0.39, 0.29) is 5.92 Å². The zero-order valence-corrected chi connectivity index (χ0v) is 10.5. The predicted molar refractivity (Wildman–Crippen MR) is 64.2 cm³/mol. The molecule has 0 heterocycles. The summed E-state index contributed by atoms with van der Waals surface area (Å²) >= 11 is 3.37. The van der Waals surface area contributed by atoms with Gasteiger partial charge in [0.05, 0.1) is 5.92 Å². The molecule has 1 aromatic rings. The molecule has 0 spiro atoms. The Balaban J connectivity index is 0.000000531. The van der Waals surface area contributed by atoms with Crippen LogP contribution in [0.2, 0.25) is 0 Å². The second-order valence-corrected chi connectivity index (χ2v) is 4.19. The third-order valence-corrected chi connectivity index (χ3v) is 2.97. The lowest BCUT2D eigenvalue weighted by Gasteiger charge is -2.04. The average Bonchev–Trinajstić information content (AvgIpc) is 2.63. The van der Waals surface area contributed by atoms with E-state index in [0.717, 1.165) is 22.9 Å². The lowest BCUT2D eigenvalue weighted by molar-refractivity contribution is -0.138. The molecular weight excluding hydrogens is 256 g/mol. The molecule has 1 aromatic carbocycles. The number of carboxylic acid groups (broad SMARTS) is 1. The summed E-state index contributed by atoms with van der Waals surface area (Å²) in [6.45, 7) is 4.00. The van der Waals surface area contributed by atoms with Crippen molar-refractivity contribution in [2.24, 2.45) is 0 Å². The Morgan fingerprint density at radius 1 is 1.47 bits per heavy atom. The molecule has 1 N–H and O–H groups in total.